The maximum absolute atomic E-state index is 9.50. The highest BCUT2D eigenvalue weighted by Gasteiger charge is 2.14. The second kappa shape index (κ2) is 11.0. The molecular weight excluding hydrogens is 494 g/mol. The molecule has 41 heavy (non-hydrogen) atoms. The highest BCUT2D eigenvalue weighted by atomic mass is 15.1. The van der Waals surface area contributed by atoms with Crippen molar-refractivity contribution in [2.45, 2.75) is 0 Å². The van der Waals surface area contributed by atoms with Crippen LogP contribution in [0.5, 0.6) is 0 Å². The summed E-state index contributed by atoms with van der Waals surface area (Å²) in [5, 5.41) is 1.65. The lowest BCUT2D eigenvalue weighted by Gasteiger charge is -2.26. The molecule has 0 atom stereocenters. The molecule has 7 aromatic rings. The fourth-order valence-corrected chi connectivity index (χ4v) is 4.99. The fourth-order valence-electron chi connectivity index (χ4n) is 4.99. The van der Waals surface area contributed by atoms with E-state index in [0.29, 0.717) is 16.8 Å². The highest BCUT2D eigenvalue weighted by molar-refractivity contribution is 5.97. The number of nitrogens with zero attached hydrogens (tertiary/aromatic N) is 1. The summed E-state index contributed by atoms with van der Waals surface area (Å²) in [5.74, 6) is 0. The number of hydrogen-bond donors (Lipinski definition) is 0. The van der Waals surface area contributed by atoms with Crippen molar-refractivity contribution in [2.24, 2.45) is 0 Å². The first-order valence-electron chi connectivity index (χ1n) is 17.4. The molecule has 1 nitrogen and oxygen atoms in total. The van der Waals surface area contributed by atoms with Crippen molar-refractivity contribution in [1.82, 2.24) is 0 Å². The van der Waals surface area contributed by atoms with Crippen molar-refractivity contribution in [3.05, 3.63) is 176 Å². The third-order valence-electron chi connectivity index (χ3n) is 7.02. The van der Waals surface area contributed by atoms with Gasteiger partial charge in [-0.15, -0.1) is 0 Å². The third kappa shape index (κ3) is 5.02. The van der Waals surface area contributed by atoms with E-state index in [9.17, 15) is 4.11 Å². The largest absolute Gasteiger partial charge is 0.310 e. The van der Waals surface area contributed by atoms with Gasteiger partial charge < -0.3 is 4.90 Å². The average molecular weight is 532 g/mol. The Morgan fingerprint density at radius 2 is 1.00 bits per heavy atom. The lowest BCUT2D eigenvalue weighted by Crippen LogP contribution is -2.09. The van der Waals surface area contributed by atoms with Crippen LogP contribution in [0.4, 0.5) is 17.1 Å². The van der Waals surface area contributed by atoms with Crippen LogP contribution in [0.1, 0.15) is 11.0 Å². The zero-order chi connectivity index (χ0) is 34.4. The predicted molar refractivity (Wildman–Crippen MR) is 175 cm³/mol. The first kappa shape index (κ1) is 17.3. The minimum atomic E-state index is -0.430. The van der Waals surface area contributed by atoms with E-state index in [1.165, 1.54) is 4.90 Å². The first-order chi connectivity index (χ1) is 23.7. The van der Waals surface area contributed by atoms with Crippen LogP contribution in [-0.2, 0) is 0 Å². The molecule has 0 amide bonds. The Balaban J connectivity index is 1.47. The number of benzene rings is 7. The number of para-hydroxylation sites is 1. The van der Waals surface area contributed by atoms with Crippen LogP contribution in [-0.4, -0.2) is 0 Å². The third-order valence-corrected chi connectivity index (χ3v) is 7.02. The highest BCUT2D eigenvalue weighted by Crippen LogP contribution is 2.38. The normalized spacial score (nSPS) is 13.7. The Labute approximate surface area is 252 Å². The zero-order valence-corrected chi connectivity index (χ0v) is 22.1. The van der Waals surface area contributed by atoms with Gasteiger partial charge >= 0.3 is 0 Å². The van der Waals surface area contributed by atoms with Crippen molar-refractivity contribution in [1.29, 1.82) is 0 Å². The molecule has 194 valence electrons. The molecule has 7 aromatic carbocycles. The summed E-state index contributed by atoms with van der Waals surface area (Å²) in [5.41, 5.74) is 3.39. The molecule has 0 heterocycles. The van der Waals surface area contributed by atoms with Gasteiger partial charge in [0.2, 0.25) is 0 Å². The van der Waals surface area contributed by atoms with Crippen molar-refractivity contribution >= 4 is 27.8 Å². The second-order valence-corrected chi connectivity index (χ2v) is 9.59. The van der Waals surface area contributed by atoms with Crippen LogP contribution in [0, 0.1) is 0 Å². The molecule has 0 saturated carbocycles. The quantitative estimate of drug-likeness (QED) is 0.206. The smallest absolute Gasteiger partial charge is 0.0651 e. The van der Waals surface area contributed by atoms with Crippen LogP contribution in [0.3, 0.4) is 0 Å². The number of anilines is 3. The molecule has 0 bridgehead atoms. The van der Waals surface area contributed by atoms with Gasteiger partial charge in [0.15, 0.2) is 0 Å². The van der Waals surface area contributed by atoms with Crippen molar-refractivity contribution < 1.29 is 11.0 Å². The van der Waals surface area contributed by atoms with Crippen molar-refractivity contribution in [3.8, 4) is 33.4 Å². The van der Waals surface area contributed by atoms with Crippen LogP contribution < -0.4 is 4.90 Å². The molecule has 0 spiro atoms. The van der Waals surface area contributed by atoms with Gasteiger partial charge in [-0.05, 0) is 80.5 Å². The molecule has 0 aliphatic carbocycles. The molecule has 0 radical (unpaired) electrons. The molecule has 0 aliphatic rings. The Morgan fingerprint density at radius 1 is 0.390 bits per heavy atom. The molecular formula is C40H29N. The zero-order valence-electron chi connectivity index (χ0n) is 30.1. The number of rotatable bonds is 6. The molecule has 0 N–H and O–H groups in total. The van der Waals surface area contributed by atoms with Crippen molar-refractivity contribution in [2.75, 3.05) is 4.90 Å². The molecule has 0 aromatic heterocycles. The summed E-state index contributed by atoms with van der Waals surface area (Å²) in [6.45, 7) is 0. The van der Waals surface area contributed by atoms with E-state index in [0.717, 1.165) is 21.9 Å². The molecule has 0 aliphatic heterocycles. The Bertz CT molecular complexity index is 2320. The number of hydrogen-bond acceptors (Lipinski definition) is 1. The molecule has 0 saturated heterocycles. The van der Waals surface area contributed by atoms with Gasteiger partial charge in [-0.3, -0.25) is 0 Å². The summed E-state index contributed by atoms with van der Waals surface area (Å²) in [4.78, 5) is 1.36. The standard InChI is InChI=1S/C40H29N/c1-3-11-30(12-4-1)31-21-23-32(24-22-31)33-25-27-37(28-26-33)41(36-16-5-2-6-17-36)38-18-9-15-35(29-38)40-20-10-14-34-13-7-8-19-39(34)40/h1-29H/i9D,15D,18D,25D,26D,27D,28D,29D. The van der Waals surface area contributed by atoms with Gasteiger partial charge in [-0.25, -0.2) is 0 Å². The maximum Gasteiger partial charge on any atom is 0.0651 e. The lowest BCUT2D eigenvalue weighted by molar-refractivity contribution is 1.28. The van der Waals surface area contributed by atoms with E-state index in [1.807, 2.05) is 78.9 Å². The van der Waals surface area contributed by atoms with Crippen LogP contribution in [0.15, 0.2) is 176 Å². The number of fused-ring (bicyclic) bond motifs is 1. The fraction of sp³-hybridized carbons (Fsp3) is 0. The Morgan fingerprint density at radius 3 is 1.76 bits per heavy atom. The second-order valence-electron chi connectivity index (χ2n) is 9.59. The molecule has 0 fully saturated rings. The maximum atomic E-state index is 9.50. The average Bonchev–Trinajstić information content (AvgIpc) is 3.14. The van der Waals surface area contributed by atoms with Gasteiger partial charge in [0.25, 0.3) is 0 Å². The predicted octanol–water partition coefficient (Wildman–Crippen LogP) is 11.3. The van der Waals surface area contributed by atoms with E-state index in [2.05, 4.69) is 0 Å². The van der Waals surface area contributed by atoms with E-state index in [4.69, 9.17) is 6.85 Å². The Hall–Kier alpha value is -5.40. The van der Waals surface area contributed by atoms with E-state index < -0.39 is 12.1 Å². The Kier molecular flexibility index (Phi) is 4.65. The SMILES string of the molecule is [2H]c1c([2H])c(-c2cccc3ccccc23)c([2H])c(N(c2ccccc2)c2c([2H])c([2H])c(-c3ccc(-c4ccccc4)cc3)c([2H])c2[2H])c1[2H]. The first-order valence-corrected chi connectivity index (χ1v) is 13.4. The monoisotopic (exact) mass is 531 g/mol. The lowest BCUT2D eigenvalue weighted by atomic mass is 9.97. The van der Waals surface area contributed by atoms with Gasteiger partial charge in [0.05, 0.1) is 11.0 Å². The van der Waals surface area contributed by atoms with Crippen molar-refractivity contribution in [3.63, 3.8) is 0 Å². The minimum Gasteiger partial charge on any atom is -0.310 e. The van der Waals surface area contributed by atoms with Gasteiger partial charge in [0.1, 0.15) is 0 Å². The molecule has 1 heteroatoms. The van der Waals surface area contributed by atoms with Gasteiger partial charge in [-0.2, -0.15) is 0 Å². The summed E-state index contributed by atoms with van der Waals surface area (Å²) < 4.78 is 73.1. The van der Waals surface area contributed by atoms with E-state index in [-0.39, 0.29) is 58.8 Å². The van der Waals surface area contributed by atoms with E-state index in [1.54, 1.807) is 48.5 Å². The molecule has 0 unspecified atom stereocenters. The topological polar surface area (TPSA) is 3.24 Å². The van der Waals surface area contributed by atoms with E-state index >= 15 is 0 Å². The van der Waals surface area contributed by atoms with Crippen LogP contribution in [0.2, 0.25) is 0 Å². The van der Waals surface area contributed by atoms with Crippen LogP contribution in [0.25, 0.3) is 44.2 Å². The minimum absolute atomic E-state index is 0.115. The summed E-state index contributed by atoms with van der Waals surface area (Å²) in [7, 11) is 0. The van der Waals surface area contributed by atoms with Gasteiger partial charge in [0, 0.05) is 17.1 Å². The van der Waals surface area contributed by atoms with Crippen LogP contribution >= 0.6 is 0 Å². The van der Waals surface area contributed by atoms with Gasteiger partial charge in [-0.1, -0.05) is 139 Å². The summed E-state index contributed by atoms with van der Waals surface area (Å²) >= 11 is 0. The summed E-state index contributed by atoms with van der Waals surface area (Å²) in [6, 6.07) is 36.2. The molecule has 7 rings (SSSR count). The summed E-state index contributed by atoms with van der Waals surface area (Å²) in [6.07, 6.45) is 0.